The number of amides is 3. The van der Waals surface area contributed by atoms with Gasteiger partial charge in [-0.2, -0.15) is 0 Å². The average Bonchev–Trinajstić information content (AvgIpc) is 2.73. The lowest BCUT2D eigenvalue weighted by atomic mass is 10.2. The Morgan fingerprint density at radius 3 is 2.75 bits per heavy atom. The minimum atomic E-state index is -1.79. The first-order valence-electron chi connectivity index (χ1n) is 7.04. The van der Waals surface area contributed by atoms with Gasteiger partial charge in [0.25, 0.3) is 11.6 Å². The third-order valence-corrected chi connectivity index (χ3v) is 3.33. The summed E-state index contributed by atoms with van der Waals surface area (Å²) >= 11 is 0. The summed E-state index contributed by atoms with van der Waals surface area (Å²) in [5, 5.41) is 20.6. The predicted octanol–water partition coefficient (Wildman–Crippen LogP) is 0.240. The van der Waals surface area contributed by atoms with Crippen molar-refractivity contribution in [2.45, 2.75) is 19.7 Å². The van der Waals surface area contributed by atoms with E-state index in [9.17, 15) is 29.6 Å². The van der Waals surface area contributed by atoms with Gasteiger partial charge in [0.05, 0.1) is 18.1 Å². The zero-order chi connectivity index (χ0) is 17.9. The number of nitro groups is 1. The number of nitrogens with zero attached hydrogens (tertiary/aromatic N) is 3. The number of imide groups is 1. The Kier molecular flexibility index (Phi) is 5.09. The van der Waals surface area contributed by atoms with E-state index in [1.807, 2.05) is 0 Å². The van der Waals surface area contributed by atoms with Crippen molar-refractivity contribution in [1.82, 2.24) is 9.80 Å². The van der Waals surface area contributed by atoms with Gasteiger partial charge in [-0.05, 0) is 12.5 Å². The summed E-state index contributed by atoms with van der Waals surface area (Å²) in [5.74, 6) is -1.66. The maximum Gasteiger partial charge on any atom is 0.330 e. The first-order chi connectivity index (χ1) is 11.3. The topological polar surface area (TPSA) is 130 Å². The van der Waals surface area contributed by atoms with E-state index in [2.05, 4.69) is 4.74 Å². The number of hydrogen-bond donors (Lipinski definition) is 1. The predicted molar refractivity (Wildman–Crippen MR) is 78.4 cm³/mol. The molecule has 0 saturated carbocycles. The molecule has 1 aromatic rings. The number of hydrogen-bond acceptors (Lipinski definition) is 7. The second kappa shape index (κ2) is 7.04. The summed E-state index contributed by atoms with van der Waals surface area (Å²) in [5.41, 5.74) is 0.159. The second-order valence-electron chi connectivity index (χ2n) is 4.94. The summed E-state index contributed by atoms with van der Waals surface area (Å²) < 4.78 is 4.68. The van der Waals surface area contributed by atoms with Gasteiger partial charge in [-0.25, -0.2) is 4.79 Å². The molecule has 1 N–H and O–H groups in total. The van der Waals surface area contributed by atoms with Gasteiger partial charge in [-0.1, -0.05) is 12.1 Å². The van der Waals surface area contributed by atoms with Crippen LogP contribution in [-0.4, -0.2) is 57.1 Å². The molecule has 1 aliphatic heterocycles. The fourth-order valence-electron chi connectivity index (χ4n) is 2.22. The van der Waals surface area contributed by atoms with Gasteiger partial charge in [-0.15, -0.1) is 0 Å². The van der Waals surface area contributed by atoms with E-state index in [4.69, 9.17) is 0 Å². The van der Waals surface area contributed by atoms with E-state index >= 15 is 0 Å². The molecule has 1 fully saturated rings. The van der Waals surface area contributed by atoms with Gasteiger partial charge in [0.2, 0.25) is 6.23 Å². The molecule has 0 radical (unpaired) electrons. The maximum absolute atomic E-state index is 12.2. The molecule has 1 heterocycles. The Labute approximate surface area is 136 Å². The lowest BCUT2D eigenvalue weighted by Crippen LogP contribution is -2.39. The molecule has 0 spiro atoms. The van der Waals surface area contributed by atoms with Crippen molar-refractivity contribution in [2.24, 2.45) is 0 Å². The Morgan fingerprint density at radius 1 is 1.42 bits per heavy atom. The number of esters is 1. The number of rotatable bonds is 6. The average molecular weight is 337 g/mol. The van der Waals surface area contributed by atoms with Crippen molar-refractivity contribution in [1.29, 1.82) is 0 Å². The molecule has 2 rings (SSSR count). The molecule has 3 amide bonds. The van der Waals surface area contributed by atoms with Crippen molar-refractivity contribution in [3.05, 3.63) is 39.9 Å². The van der Waals surface area contributed by atoms with E-state index in [0.29, 0.717) is 10.5 Å². The van der Waals surface area contributed by atoms with Crippen LogP contribution in [0.15, 0.2) is 24.3 Å². The third-order valence-electron chi connectivity index (χ3n) is 3.33. The van der Waals surface area contributed by atoms with Crippen LogP contribution < -0.4 is 0 Å². The number of carbonyl (C=O) groups is 3. The van der Waals surface area contributed by atoms with Gasteiger partial charge in [0.15, 0.2) is 0 Å². The van der Waals surface area contributed by atoms with Crippen LogP contribution in [0.25, 0.3) is 0 Å². The number of aliphatic hydroxyl groups excluding tert-OH is 1. The highest BCUT2D eigenvalue weighted by Gasteiger charge is 2.45. The highest BCUT2D eigenvalue weighted by molar-refractivity contribution is 6.04. The van der Waals surface area contributed by atoms with Crippen molar-refractivity contribution in [3.63, 3.8) is 0 Å². The number of nitro benzene ring substituents is 1. The molecule has 0 aromatic heterocycles. The zero-order valence-corrected chi connectivity index (χ0v) is 12.7. The van der Waals surface area contributed by atoms with E-state index < -0.39 is 35.6 Å². The molecule has 24 heavy (non-hydrogen) atoms. The normalized spacial score (nSPS) is 17.3. The van der Waals surface area contributed by atoms with Gasteiger partial charge >= 0.3 is 12.0 Å². The Hall–Kier alpha value is -3.01. The minimum absolute atomic E-state index is 0.0995. The standard InChI is InChI=1S/C14H15N3O7/c1-2-24-11(18)8-16-13(20)12(19)15(14(16)21)7-9-4-3-5-10(6-9)17(22)23/h3-6,13,20H,2,7-8H2,1H3. The third kappa shape index (κ3) is 3.49. The van der Waals surface area contributed by atoms with Gasteiger partial charge < -0.3 is 9.84 Å². The highest BCUT2D eigenvalue weighted by atomic mass is 16.6. The summed E-state index contributed by atoms with van der Waals surface area (Å²) in [7, 11) is 0. The number of ether oxygens (including phenoxy) is 1. The van der Waals surface area contributed by atoms with Crippen LogP contribution in [0.2, 0.25) is 0 Å². The summed E-state index contributed by atoms with van der Waals surface area (Å²) in [6.07, 6.45) is -1.79. The largest absolute Gasteiger partial charge is 0.465 e. The molecule has 1 aliphatic rings. The minimum Gasteiger partial charge on any atom is -0.465 e. The Bertz CT molecular complexity index is 691. The van der Waals surface area contributed by atoms with E-state index in [1.54, 1.807) is 6.92 Å². The van der Waals surface area contributed by atoms with E-state index in [0.717, 1.165) is 4.90 Å². The monoisotopic (exact) mass is 337 g/mol. The fourth-order valence-corrected chi connectivity index (χ4v) is 2.22. The molecule has 1 atom stereocenters. The number of urea groups is 1. The lowest BCUT2D eigenvalue weighted by Gasteiger charge is -2.17. The van der Waals surface area contributed by atoms with Crippen LogP contribution in [-0.2, 0) is 20.9 Å². The SMILES string of the molecule is CCOC(=O)CN1C(=O)N(Cc2cccc([N+](=O)[O-])c2)C(=O)C1O. The van der Waals surface area contributed by atoms with Gasteiger partial charge in [-0.3, -0.25) is 29.5 Å². The molecule has 10 heteroatoms. The molecule has 0 aliphatic carbocycles. The van der Waals surface area contributed by atoms with Gasteiger partial charge in [0, 0.05) is 12.1 Å². The summed E-state index contributed by atoms with van der Waals surface area (Å²) in [4.78, 5) is 47.3. The highest BCUT2D eigenvalue weighted by Crippen LogP contribution is 2.21. The first-order valence-corrected chi connectivity index (χ1v) is 7.04. The molecule has 128 valence electrons. The zero-order valence-electron chi connectivity index (χ0n) is 12.7. The van der Waals surface area contributed by atoms with Crippen molar-refractivity contribution >= 4 is 23.6 Å². The van der Waals surface area contributed by atoms with Crippen molar-refractivity contribution < 1.29 is 29.2 Å². The quantitative estimate of drug-likeness (QED) is 0.340. The van der Waals surface area contributed by atoms with Crippen LogP contribution in [0, 0.1) is 10.1 Å². The van der Waals surface area contributed by atoms with Crippen molar-refractivity contribution in [3.8, 4) is 0 Å². The maximum atomic E-state index is 12.2. The molecule has 1 unspecified atom stereocenters. The molecule has 1 saturated heterocycles. The Morgan fingerprint density at radius 2 is 2.12 bits per heavy atom. The Balaban J connectivity index is 2.15. The number of benzene rings is 1. The molecule has 0 bridgehead atoms. The lowest BCUT2D eigenvalue weighted by molar-refractivity contribution is -0.384. The second-order valence-corrected chi connectivity index (χ2v) is 4.94. The molecule has 10 nitrogen and oxygen atoms in total. The first kappa shape index (κ1) is 17.3. The summed E-state index contributed by atoms with van der Waals surface area (Å²) in [6.45, 7) is 0.864. The fraction of sp³-hybridized carbons (Fsp3) is 0.357. The summed E-state index contributed by atoms with van der Waals surface area (Å²) in [6, 6.07) is 4.56. The molecular weight excluding hydrogens is 322 g/mol. The van der Waals surface area contributed by atoms with Gasteiger partial charge in [0.1, 0.15) is 6.54 Å². The smallest absolute Gasteiger partial charge is 0.330 e. The van der Waals surface area contributed by atoms with Crippen LogP contribution >= 0.6 is 0 Å². The van der Waals surface area contributed by atoms with E-state index in [1.165, 1.54) is 24.3 Å². The van der Waals surface area contributed by atoms with Crippen LogP contribution in [0.5, 0.6) is 0 Å². The number of non-ortho nitro benzene ring substituents is 1. The van der Waals surface area contributed by atoms with Crippen LogP contribution in [0.4, 0.5) is 10.5 Å². The van der Waals surface area contributed by atoms with Crippen LogP contribution in [0.1, 0.15) is 12.5 Å². The molecule has 1 aromatic carbocycles. The number of aliphatic hydroxyl groups is 1. The van der Waals surface area contributed by atoms with E-state index in [-0.39, 0.29) is 18.8 Å². The van der Waals surface area contributed by atoms with Crippen molar-refractivity contribution in [2.75, 3.05) is 13.2 Å². The van der Waals surface area contributed by atoms with Crippen LogP contribution in [0.3, 0.4) is 0 Å². The number of carbonyl (C=O) groups excluding carboxylic acids is 3. The molecular formula is C14H15N3O7.